The highest BCUT2D eigenvalue weighted by atomic mass is 79.9. The van der Waals surface area contributed by atoms with Gasteiger partial charge in [0.25, 0.3) is 5.69 Å². The monoisotopic (exact) mass is 255 g/mol. The standard InChI is InChI=1S/C8H6BrN3O2/c9-7-2-5(3-10)1-6(4-11)8(7)12(13)14/h1-2H,4,11H2. The van der Waals surface area contributed by atoms with Crippen LogP contribution in [0.2, 0.25) is 0 Å². The van der Waals surface area contributed by atoms with Crippen molar-refractivity contribution in [2.45, 2.75) is 6.54 Å². The summed E-state index contributed by atoms with van der Waals surface area (Å²) in [7, 11) is 0. The molecule has 0 aromatic heterocycles. The molecule has 0 aliphatic carbocycles. The first-order valence-electron chi connectivity index (χ1n) is 3.67. The number of hydrogen-bond acceptors (Lipinski definition) is 4. The Balaban J connectivity index is 3.44. The quantitative estimate of drug-likeness (QED) is 0.643. The highest BCUT2D eigenvalue weighted by molar-refractivity contribution is 9.10. The third kappa shape index (κ3) is 1.89. The number of hydrogen-bond donors (Lipinski definition) is 1. The van der Waals surface area contributed by atoms with Crippen LogP contribution in [0.15, 0.2) is 16.6 Å². The molecule has 1 aromatic carbocycles. The van der Waals surface area contributed by atoms with E-state index in [2.05, 4.69) is 15.9 Å². The molecule has 0 saturated heterocycles. The van der Waals surface area contributed by atoms with E-state index in [1.807, 2.05) is 6.07 Å². The van der Waals surface area contributed by atoms with Crippen LogP contribution in [0.5, 0.6) is 0 Å². The van der Waals surface area contributed by atoms with Crippen LogP contribution >= 0.6 is 15.9 Å². The molecule has 6 heteroatoms. The fraction of sp³-hybridized carbons (Fsp3) is 0.125. The summed E-state index contributed by atoms with van der Waals surface area (Å²) in [5.74, 6) is 0. The molecule has 72 valence electrons. The molecule has 0 saturated carbocycles. The molecule has 0 bridgehead atoms. The molecule has 0 aliphatic heterocycles. The molecular weight excluding hydrogens is 250 g/mol. The highest BCUT2D eigenvalue weighted by Gasteiger charge is 2.18. The average Bonchev–Trinajstić information content (AvgIpc) is 2.15. The molecule has 0 radical (unpaired) electrons. The van der Waals surface area contributed by atoms with Crippen LogP contribution in [0.4, 0.5) is 5.69 Å². The van der Waals surface area contributed by atoms with Crippen LogP contribution in [0.25, 0.3) is 0 Å². The van der Waals surface area contributed by atoms with E-state index in [0.717, 1.165) is 0 Å². The smallest absolute Gasteiger partial charge is 0.288 e. The van der Waals surface area contributed by atoms with Gasteiger partial charge in [-0.25, -0.2) is 0 Å². The molecule has 0 atom stereocenters. The van der Waals surface area contributed by atoms with E-state index in [1.165, 1.54) is 12.1 Å². The van der Waals surface area contributed by atoms with Gasteiger partial charge in [-0.05, 0) is 28.1 Å². The Kier molecular flexibility index (Phi) is 3.17. The first-order chi connectivity index (χ1) is 6.60. The van der Waals surface area contributed by atoms with E-state index >= 15 is 0 Å². The number of nitriles is 1. The summed E-state index contributed by atoms with van der Waals surface area (Å²) in [4.78, 5) is 10.1. The molecule has 14 heavy (non-hydrogen) atoms. The Bertz CT molecular complexity index is 425. The Morgan fingerprint density at radius 3 is 2.71 bits per heavy atom. The van der Waals surface area contributed by atoms with Crippen LogP contribution in [0.3, 0.4) is 0 Å². The SMILES string of the molecule is N#Cc1cc(Br)c([N+](=O)[O-])c(CN)c1. The maximum Gasteiger partial charge on any atom is 0.288 e. The van der Waals surface area contributed by atoms with Crippen molar-refractivity contribution in [3.63, 3.8) is 0 Å². The Labute approximate surface area is 88.4 Å². The van der Waals surface area contributed by atoms with Gasteiger partial charge in [0.2, 0.25) is 0 Å². The first-order valence-corrected chi connectivity index (χ1v) is 4.46. The van der Waals surface area contributed by atoms with E-state index in [-0.39, 0.29) is 16.7 Å². The Morgan fingerprint density at radius 1 is 1.64 bits per heavy atom. The van der Waals surface area contributed by atoms with Crippen LogP contribution in [0, 0.1) is 21.4 Å². The van der Waals surface area contributed by atoms with Crippen molar-refractivity contribution in [2.75, 3.05) is 0 Å². The van der Waals surface area contributed by atoms with Crippen molar-refractivity contribution in [1.82, 2.24) is 0 Å². The Hall–Kier alpha value is -1.45. The van der Waals surface area contributed by atoms with Gasteiger partial charge in [-0.3, -0.25) is 10.1 Å². The van der Waals surface area contributed by atoms with Crippen molar-refractivity contribution < 1.29 is 4.92 Å². The molecule has 0 heterocycles. The second kappa shape index (κ2) is 4.17. The molecular formula is C8H6BrN3O2. The molecule has 0 spiro atoms. The summed E-state index contributed by atoms with van der Waals surface area (Å²) >= 11 is 3.03. The average molecular weight is 256 g/mol. The molecule has 2 N–H and O–H groups in total. The fourth-order valence-electron chi connectivity index (χ4n) is 1.08. The van der Waals surface area contributed by atoms with E-state index in [1.54, 1.807) is 0 Å². The zero-order valence-corrected chi connectivity index (χ0v) is 8.61. The topological polar surface area (TPSA) is 92.9 Å². The number of rotatable bonds is 2. The minimum Gasteiger partial charge on any atom is -0.326 e. The largest absolute Gasteiger partial charge is 0.326 e. The number of nitro benzene ring substituents is 1. The van der Waals surface area contributed by atoms with Gasteiger partial charge in [0, 0.05) is 12.1 Å². The van der Waals surface area contributed by atoms with Gasteiger partial charge in [0.05, 0.1) is 21.0 Å². The van der Waals surface area contributed by atoms with E-state index in [0.29, 0.717) is 11.1 Å². The van der Waals surface area contributed by atoms with Gasteiger partial charge >= 0.3 is 0 Å². The lowest BCUT2D eigenvalue weighted by Crippen LogP contribution is -2.03. The van der Waals surface area contributed by atoms with Crippen molar-refractivity contribution >= 4 is 21.6 Å². The molecule has 1 rings (SSSR count). The lowest BCUT2D eigenvalue weighted by atomic mass is 10.1. The van der Waals surface area contributed by atoms with Gasteiger partial charge in [-0.1, -0.05) is 0 Å². The molecule has 0 fully saturated rings. The van der Waals surface area contributed by atoms with Crippen molar-refractivity contribution in [3.05, 3.63) is 37.8 Å². The lowest BCUT2D eigenvalue weighted by molar-refractivity contribution is -0.386. The van der Waals surface area contributed by atoms with Gasteiger partial charge < -0.3 is 5.73 Å². The van der Waals surface area contributed by atoms with Crippen molar-refractivity contribution in [3.8, 4) is 6.07 Å². The maximum atomic E-state index is 10.6. The van der Waals surface area contributed by atoms with E-state index in [9.17, 15) is 10.1 Å². The third-order valence-electron chi connectivity index (χ3n) is 1.67. The van der Waals surface area contributed by atoms with Gasteiger partial charge in [-0.2, -0.15) is 5.26 Å². The highest BCUT2D eigenvalue weighted by Crippen LogP contribution is 2.29. The van der Waals surface area contributed by atoms with Crippen LogP contribution in [-0.4, -0.2) is 4.92 Å². The van der Waals surface area contributed by atoms with Crippen molar-refractivity contribution in [2.24, 2.45) is 5.73 Å². The molecule has 1 aromatic rings. The third-order valence-corrected chi connectivity index (χ3v) is 2.28. The van der Waals surface area contributed by atoms with E-state index < -0.39 is 4.92 Å². The zero-order chi connectivity index (χ0) is 10.7. The van der Waals surface area contributed by atoms with Crippen molar-refractivity contribution in [1.29, 1.82) is 5.26 Å². The minimum atomic E-state index is -0.520. The summed E-state index contributed by atoms with van der Waals surface area (Å²) < 4.78 is 0.280. The minimum absolute atomic E-state index is 0.0322. The van der Waals surface area contributed by atoms with Gasteiger partial charge in [-0.15, -0.1) is 0 Å². The predicted molar refractivity (Wildman–Crippen MR) is 53.4 cm³/mol. The van der Waals surface area contributed by atoms with Crippen LogP contribution < -0.4 is 5.73 Å². The summed E-state index contributed by atoms with van der Waals surface area (Å²) in [6, 6.07) is 4.72. The maximum absolute atomic E-state index is 10.6. The number of halogens is 1. The lowest BCUT2D eigenvalue weighted by Gasteiger charge is -2.02. The molecule has 5 nitrogen and oxygen atoms in total. The van der Waals surface area contributed by atoms with Gasteiger partial charge in [0.1, 0.15) is 0 Å². The van der Waals surface area contributed by atoms with Crippen LogP contribution in [0.1, 0.15) is 11.1 Å². The zero-order valence-electron chi connectivity index (χ0n) is 7.03. The summed E-state index contributed by atoms with van der Waals surface area (Å²) in [5.41, 5.74) is 5.97. The normalized spacial score (nSPS) is 9.50. The van der Waals surface area contributed by atoms with E-state index in [4.69, 9.17) is 11.0 Å². The van der Waals surface area contributed by atoms with Crippen LogP contribution in [-0.2, 0) is 6.54 Å². The number of nitro groups is 1. The van der Waals surface area contributed by atoms with Gasteiger partial charge in [0.15, 0.2) is 0 Å². The summed E-state index contributed by atoms with van der Waals surface area (Å²) in [6.45, 7) is 0.0322. The second-order valence-corrected chi connectivity index (χ2v) is 3.39. The summed E-state index contributed by atoms with van der Waals surface area (Å²) in [5, 5.41) is 19.3. The molecule has 0 aliphatic rings. The first kappa shape index (κ1) is 10.6. The second-order valence-electron chi connectivity index (χ2n) is 2.54. The fourth-order valence-corrected chi connectivity index (χ4v) is 1.73. The number of benzene rings is 1. The Morgan fingerprint density at radius 2 is 2.29 bits per heavy atom. The predicted octanol–water partition coefficient (Wildman–Crippen LogP) is 1.69. The molecule has 0 amide bonds. The number of nitrogens with two attached hydrogens (primary N) is 1. The number of nitrogens with zero attached hydrogens (tertiary/aromatic N) is 2. The summed E-state index contributed by atoms with van der Waals surface area (Å²) in [6.07, 6.45) is 0. The molecule has 0 unspecified atom stereocenters.